The lowest BCUT2D eigenvalue weighted by Gasteiger charge is -2.03. The third-order valence-electron chi connectivity index (χ3n) is 4.06. The van der Waals surface area contributed by atoms with E-state index >= 15 is 0 Å². The average molecular weight is 415 g/mol. The minimum absolute atomic E-state index is 0.186. The first-order chi connectivity index (χ1) is 13.0. The Balaban J connectivity index is 1.77. The Morgan fingerprint density at radius 2 is 2.15 bits per heavy atom. The fourth-order valence-corrected chi connectivity index (χ4v) is 4.89. The van der Waals surface area contributed by atoms with Crippen LogP contribution in [-0.4, -0.2) is 17.1 Å². The maximum atomic E-state index is 12.7. The van der Waals surface area contributed by atoms with E-state index in [2.05, 4.69) is 9.97 Å². The molecule has 0 fully saturated rings. The van der Waals surface area contributed by atoms with Gasteiger partial charge in [-0.3, -0.25) is 4.79 Å². The van der Waals surface area contributed by atoms with Gasteiger partial charge in [0.25, 0.3) is 5.56 Å². The topological polar surface area (TPSA) is 55.0 Å². The van der Waals surface area contributed by atoms with Crippen LogP contribution >= 0.6 is 34.3 Å². The van der Waals surface area contributed by atoms with E-state index in [0.717, 1.165) is 21.8 Å². The van der Waals surface area contributed by atoms with Gasteiger partial charge in [0.15, 0.2) is 5.82 Å². The molecule has 0 atom stereocenters. The number of benzene rings is 1. The Kier molecular flexibility index (Phi) is 4.86. The summed E-state index contributed by atoms with van der Waals surface area (Å²) in [5, 5.41) is 2.95. The molecule has 0 amide bonds. The number of nitrogens with one attached hydrogen (secondary N) is 1. The molecule has 0 spiro atoms. The maximum Gasteiger partial charge on any atom is 0.260 e. The van der Waals surface area contributed by atoms with Gasteiger partial charge in [0.1, 0.15) is 10.6 Å². The van der Waals surface area contributed by atoms with Crippen LogP contribution in [-0.2, 0) is 0 Å². The fourth-order valence-electron chi connectivity index (χ4n) is 2.77. The zero-order valence-corrected chi connectivity index (χ0v) is 17.0. The number of rotatable bonds is 4. The summed E-state index contributed by atoms with van der Waals surface area (Å²) >= 11 is 9.54. The van der Waals surface area contributed by atoms with Crippen molar-refractivity contribution in [2.24, 2.45) is 0 Å². The molecule has 3 heterocycles. The molecule has 3 aromatic heterocycles. The molecule has 0 aliphatic carbocycles. The number of methoxy groups -OCH3 is 1. The number of H-pyrrole nitrogens is 1. The zero-order valence-electron chi connectivity index (χ0n) is 14.6. The molecule has 0 saturated heterocycles. The molecule has 136 valence electrons. The van der Waals surface area contributed by atoms with Crippen molar-refractivity contribution in [3.05, 3.63) is 68.4 Å². The summed E-state index contributed by atoms with van der Waals surface area (Å²) in [6, 6.07) is 11.6. The van der Waals surface area contributed by atoms with Crippen LogP contribution in [0.5, 0.6) is 5.75 Å². The van der Waals surface area contributed by atoms with Crippen molar-refractivity contribution in [1.82, 2.24) is 9.97 Å². The maximum absolute atomic E-state index is 12.7. The van der Waals surface area contributed by atoms with Gasteiger partial charge in [-0.1, -0.05) is 23.7 Å². The number of halogens is 1. The van der Waals surface area contributed by atoms with Crippen LogP contribution in [0.1, 0.15) is 16.3 Å². The Bertz CT molecular complexity index is 1220. The highest BCUT2D eigenvalue weighted by molar-refractivity contribution is 7.19. The van der Waals surface area contributed by atoms with Crippen molar-refractivity contribution in [2.75, 3.05) is 7.11 Å². The van der Waals surface area contributed by atoms with Crippen molar-refractivity contribution in [1.29, 1.82) is 0 Å². The summed E-state index contributed by atoms with van der Waals surface area (Å²) in [6.45, 7) is 2.05. The minimum Gasteiger partial charge on any atom is -0.497 e. The van der Waals surface area contributed by atoms with E-state index in [1.54, 1.807) is 24.5 Å². The molecule has 4 aromatic rings. The number of aromatic amines is 1. The Labute approximate surface area is 168 Å². The number of hydrogen-bond donors (Lipinski definition) is 1. The summed E-state index contributed by atoms with van der Waals surface area (Å²) in [6.07, 6.45) is 1.76. The van der Waals surface area contributed by atoms with E-state index in [4.69, 9.17) is 16.3 Å². The average Bonchev–Trinajstić information content (AvgIpc) is 3.28. The predicted octanol–water partition coefficient (Wildman–Crippen LogP) is 5.77. The number of nitrogens with zero attached hydrogens (tertiary/aromatic N) is 1. The molecule has 0 unspecified atom stereocenters. The van der Waals surface area contributed by atoms with E-state index < -0.39 is 0 Å². The van der Waals surface area contributed by atoms with Crippen LogP contribution in [0.4, 0.5) is 0 Å². The first kappa shape index (κ1) is 18.0. The zero-order chi connectivity index (χ0) is 19.0. The molecule has 0 radical (unpaired) electrons. The fraction of sp³-hybridized carbons (Fsp3) is 0.100. The van der Waals surface area contributed by atoms with E-state index in [1.165, 1.54) is 16.2 Å². The Morgan fingerprint density at radius 1 is 1.30 bits per heavy atom. The second-order valence-corrected chi connectivity index (χ2v) is 8.48. The van der Waals surface area contributed by atoms with E-state index in [9.17, 15) is 4.79 Å². The van der Waals surface area contributed by atoms with Gasteiger partial charge in [-0.05, 0) is 42.8 Å². The molecular weight excluding hydrogens is 400 g/mol. The van der Waals surface area contributed by atoms with E-state index in [-0.39, 0.29) is 5.56 Å². The van der Waals surface area contributed by atoms with Crippen LogP contribution in [0.2, 0.25) is 0 Å². The molecule has 27 heavy (non-hydrogen) atoms. The molecule has 7 heteroatoms. The summed E-state index contributed by atoms with van der Waals surface area (Å²) in [5.74, 6) is 1.09. The number of ether oxygens (including phenoxy) is 1. The summed E-state index contributed by atoms with van der Waals surface area (Å²) in [5.41, 5.74) is 1.60. The summed E-state index contributed by atoms with van der Waals surface area (Å²) in [4.78, 5) is 23.1. The number of hydrogen-bond acceptors (Lipinski definition) is 5. The molecule has 0 aliphatic heterocycles. The molecule has 1 aromatic carbocycles. The van der Waals surface area contributed by atoms with Gasteiger partial charge in [-0.15, -0.1) is 22.7 Å². The number of aromatic nitrogens is 2. The smallest absolute Gasteiger partial charge is 0.260 e. The monoisotopic (exact) mass is 414 g/mol. The first-order valence-corrected chi connectivity index (χ1v) is 10.2. The van der Waals surface area contributed by atoms with Crippen LogP contribution in [0.25, 0.3) is 31.8 Å². The summed E-state index contributed by atoms with van der Waals surface area (Å²) in [7, 11) is 1.61. The largest absolute Gasteiger partial charge is 0.497 e. The molecule has 4 rings (SSSR count). The minimum atomic E-state index is -0.186. The molecule has 1 N–H and O–H groups in total. The van der Waals surface area contributed by atoms with Gasteiger partial charge in [0.05, 0.1) is 17.5 Å². The van der Waals surface area contributed by atoms with Gasteiger partial charge in [-0.25, -0.2) is 4.98 Å². The van der Waals surface area contributed by atoms with Gasteiger partial charge < -0.3 is 9.72 Å². The second kappa shape index (κ2) is 7.31. The number of thiophene rings is 2. The molecule has 4 nitrogen and oxygen atoms in total. The predicted molar refractivity (Wildman–Crippen MR) is 115 cm³/mol. The molecular formula is C20H15ClN2O2S2. The number of aryl methyl sites for hydroxylation is 1. The van der Waals surface area contributed by atoms with E-state index in [1.807, 2.05) is 48.7 Å². The highest BCUT2D eigenvalue weighted by Gasteiger charge is 2.15. The quantitative estimate of drug-likeness (QED) is 0.461. The van der Waals surface area contributed by atoms with Crippen molar-refractivity contribution in [3.63, 3.8) is 0 Å². The highest BCUT2D eigenvalue weighted by atomic mass is 35.5. The third kappa shape index (κ3) is 3.56. The molecule has 0 saturated carbocycles. The third-order valence-corrected chi connectivity index (χ3v) is 6.26. The Morgan fingerprint density at radius 3 is 2.89 bits per heavy atom. The van der Waals surface area contributed by atoms with Crippen molar-refractivity contribution < 1.29 is 4.74 Å². The van der Waals surface area contributed by atoms with Gasteiger partial charge >= 0.3 is 0 Å². The van der Waals surface area contributed by atoms with Crippen LogP contribution in [0.15, 0.2) is 46.6 Å². The lowest BCUT2D eigenvalue weighted by Crippen LogP contribution is -2.10. The Hall–Kier alpha value is -2.41. The van der Waals surface area contributed by atoms with Gasteiger partial charge in [0.2, 0.25) is 0 Å². The second-order valence-electron chi connectivity index (χ2n) is 5.92. The first-order valence-electron chi connectivity index (χ1n) is 8.15. The molecule has 0 bridgehead atoms. The van der Waals surface area contributed by atoms with Crippen LogP contribution in [0, 0.1) is 6.92 Å². The number of fused-ring (bicyclic) bond motifs is 1. The standard InChI is InChI=1S/C20H15ClN2O2S2/c1-11-6-7-16(27-11)14-10-26-20-17(14)19(24)22-18(23-20)15(21)9-12-4-3-5-13(8-12)25-2/h3-10H,1-2H3,(H,22,23,24)/b15-9-. The lowest BCUT2D eigenvalue weighted by atomic mass is 10.2. The van der Waals surface area contributed by atoms with E-state index in [0.29, 0.717) is 21.1 Å². The summed E-state index contributed by atoms with van der Waals surface area (Å²) < 4.78 is 5.22. The van der Waals surface area contributed by atoms with Gasteiger partial charge in [0, 0.05) is 20.7 Å². The van der Waals surface area contributed by atoms with Crippen molar-refractivity contribution >= 4 is 55.6 Å². The van der Waals surface area contributed by atoms with Crippen molar-refractivity contribution in [2.45, 2.75) is 6.92 Å². The van der Waals surface area contributed by atoms with Crippen molar-refractivity contribution in [3.8, 4) is 16.2 Å². The lowest BCUT2D eigenvalue weighted by molar-refractivity contribution is 0.414. The normalized spacial score (nSPS) is 11.9. The van der Waals surface area contributed by atoms with Crippen LogP contribution < -0.4 is 10.3 Å². The van der Waals surface area contributed by atoms with Gasteiger partial charge in [-0.2, -0.15) is 0 Å². The van der Waals surface area contributed by atoms with Crippen LogP contribution in [0.3, 0.4) is 0 Å². The highest BCUT2D eigenvalue weighted by Crippen LogP contribution is 2.35. The SMILES string of the molecule is COc1cccc(/C=C(\Cl)c2nc3scc(-c4ccc(C)s4)c3c(=O)[nH]2)c1. The molecule has 0 aliphatic rings.